The summed E-state index contributed by atoms with van der Waals surface area (Å²) in [6.45, 7) is 8.85. The summed E-state index contributed by atoms with van der Waals surface area (Å²) in [7, 11) is 0. The van der Waals surface area contributed by atoms with Gasteiger partial charge in [-0.2, -0.15) is 0 Å². The number of hydrogen-bond donors (Lipinski definition) is 1. The topological polar surface area (TPSA) is 55.6 Å². The Morgan fingerprint density at radius 3 is 2.17 bits per heavy atom. The van der Waals surface area contributed by atoms with Crippen molar-refractivity contribution in [2.75, 3.05) is 18.8 Å². The third-order valence-electron chi connectivity index (χ3n) is 2.82. The van der Waals surface area contributed by atoms with Crippen LogP contribution in [0.15, 0.2) is 24.3 Å². The van der Waals surface area contributed by atoms with E-state index in [-0.39, 0.29) is 5.91 Å². The van der Waals surface area contributed by atoms with Gasteiger partial charge in [0.25, 0.3) is 5.91 Å². The minimum Gasteiger partial charge on any atom is -0.478 e. The fraction of sp³-hybridized carbons (Fsp3) is 0.500. The molecule has 2 N–H and O–H groups in total. The number of hydrogen-bond acceptors (Lipinski definition) is 3. The molecule has 0 saturated heterocycles. The van der Waals surface area contributed by atoms with E-state index < -0.39 is 5.60 Å². The molecule has 0 aliphatic heterocycles. The van der Waals surface area contributed by atoms with Crippen molar-refractivity contribution in [3.05, 3.63) is 24.3 Å². The van der Waals surface area contributed by atoms with E-state index in [1.807, 2.05) is 13.8 Å². The highest BCUT2D eigenvalue weighted by Gasteiger charge is 2.33. The van der Waals surface area contributed by atoms with Gasteiger partial charge in [-0.25, -0.2) is 0 Å². The maximum atomic E-state index is 12.3. The molecule has 1 rings (SSSR count). The van der Waals surface area contributed by atoms with E-state index >= 15 is 0 Å². The smallest absolute Gasteiger partial charge is 0.266 e. The molecule has 0 unspecified atom stereocenters. The Labute approximate surface area is 109 Å². The van der Waals surface area contributed by atoms with Crippen molar-refractivity contribution < 1.29 is 9.53 Å². The summed E-state index contributed by atoms with van der Waals surface area (Å²) in [4.78, 5) is 14.0. The zero-order chi connectivity index (χ0) is 13.8. The zero-order valence-corrected chi connectivity index (χ0v) is 11.6. The number of likely N-dealkylation sites (N-methyl/N-ethyl adjacent to an activating group) is 1. The number of amides is 1. The number of carbonyl (C=O) groups is 1. The number of rotatable bonds is 5. The van der Waals surface area contributed by atoms with Crippen molar-refractivity contribution in [3.8, 4) is 5.75 Å². The minimum atomic E-state index is -0.873. The second kappa shape index (κ2) is 5.76. The number of nitrogens with two attached hydrogens (primary N) is 1. The lowest BCUT2D eigenvalue weighted by molar-refractivity contribution is -0.145. The molecule has 0 atom stereocenters. The lowest BCUT2D eigenvalue weighted by atomic mass is 10.1. The van der Waals surface area contributed by atoms with Gasteiger partial charge in [0, 0.05) is 18.8 Å². The van der Waals surface area contributed by atoms with Crippen LogP contribution in [0.25, 0.3) is 0 Å². The van der Waals surface area contributed by atoms with Crippen molar-refractivity contribution in [3.63, 3.8) is 0 Å². The van der Waals surface area contributed by atoms with Gasteiger partial charge in [0.15, 0.2) is 5.60 Å². The lowest BCUT2D eigenvalue weighted by Crippen LogP contribution is -2.48. The molecule has 0 saturated carbocycles. The Morgan fingerprint density at radius 1 is 1.22 bits per heavy atom. The van der Waals surface area contributed by atoms with E-state index in [0.717, 1.165) is 0 Å². The quantitative estimate of drug-likeness (QED) is 0.816. The molecule has 0 bridgehead atoms. The largest absolute Gasteiger partial charge is 0.478 e. The minimum absolute atomic E-state index is 0.00988. The van der Waals surface area contributed by atoms with Crippen LogP contribution in [0, 0.1) is 0 Å². The van der Waals surface area contributed by atoms with Crippen LogP contribution >= 0.6 is 0 Å². The number of carbonyl (C=O) groups excluding carboxylic acids is 1. The van der Waals surface area contributed by atoms with E-state index in [4.69, 9.17) is 10.5 Å². The van der Waals surface area contributed by atoms with Crippen LogP contribution in [0.4, 0.5) is 5.69 Å². The molecular weight excluding hydrogens is 228 g/mol. The first kappa shape index (κ1) is 14.4. The molecule has 18 heavy (non-hydrogen) atoms. The molecule has 1 aromatic rings. The van der Waals surface area contributed by atoms with Gasteiger partial charge in [0.1, 0.15) is 5.75 Å². The normalized spacial score (nSPS) is 11.1. The first-order valence-electron chi connectivity index (χ1n) is 6.24. The molecule has 0 heterocycles. The van der Waals surface area contributed by atoms with E-state index in [1.165, 1.54) is 0 Å². The van der Waals surface area contributed by atoms with Crippen LogP contribution in [0.5, 0.6) is 5.75 Å². The van der Waals surface area contributed by atoms with Crippen molar-refractivity contribution in [1.29, 1.82) is 0 Å². The molecule has 0 fully saturated rings. The monoisotopic (exact) mass is 250 g/mol. The predicted molar refractivity (Wildman–Crippen MR) is 73.5 cm³/mol. The Kier molecular flexibility index (Phi) is 4.59. The molecule has 1 amide bonds. The van der Waals surface area contributed by atoms with E-state index in [2.05, 4.69) is 0 Å². The fourth-order valence-electron chi connectivity index (χ4n) is 1.77. The van der Waals surface area contributed by atoms with Gasteiger partial charge < -0.3 is 15.4 Å². The average molecular weight is 250 g/mol. The summed E-state index contributed by atoms with van der Waals surface area (Å²) in [5.74, 6) is 0.638. The van der Waals surface area contributed by atoms with Gasteiger partial charge in [-0.15, -0.1) is 0 Å². The summed E-state index contributed by atoms with van der Waals surface area (Å²) in [6.07, 6.45) is 0. The van der Waals surface area contributed by atoms with E-state index in [1.54, 1.807) is 43.0 Å². The van der Waals surface area contributed by atoms with Crippen LogP contribution in [0.2, 0.25) is 0 Å². The van der Waals surface area contributed by atoms with Gasteiger partial charge in [0.05, 0.1) is 0 Å². The highest BCUT2D eigenvalue weighted by atomic mass is 16.5. The van der Waals surface area contributed by atoms with Gasteiger partial charge >= 0.3 is 0 Å². The Bertz CT molecular complexity index is 395. The number of nitrogens with zero attached hydrogens (tertiary/aromatic N) is 1. The van der Waals surface area contributed by atoms with Gasteiger partial charge in [-0.3, -0.25) is 4.79 Å². The second-order valence-corrected chi connectivity index (χ2v) is 4.66. The Balaban J connectivity index is 2.80. The summed E-state index contributed by atoms with van der Waals surface area (Å²) in [6, 6.07) is 7.06. The molecule has 0 aromatic heterocycles. The van der Waals surface area contributed by atoms with Gasteiger partial charge in [-0.05, 0) is 52.0 Å². The first-order valence-corrected chi connectivity index (χ1v) is 6.24. The number of nitrogen functional groups attached to an aromatic ring is 1. The molecule has 100 valence electrons. The molecule has 4 nitrogen and oxygen atoms in total. The molecule has 0 aliphatic rings. The lowest BCUT2D eigenvalue weighted by Gasteiger charge is -2.31. The fourth-order valence-corrected chi connectivity index (χ4v) is 1.77. The zero-order valence-electron chi connectivity index (χ0n) is 11.6. The Morgan fingerprint density at radius 2 is 1.72 bits per heavy atom. The Hall–Kier alpha value is -1.71. The van der Waals surface area contributed by atoms with Crippen LogP contribution in [-0.4, -0.2) is 29.5 Å². The maximum absolute atomic E-state index is 12.3. The number of benzene rings is 1. The van der Waals surface area contributed by atoms with Crippen molar-refractivity contribution in [2.24, 2.45) is 0 Å². The highest BCUT2D eigenvalue weighted by molar-refractivity contribution is 5.84. The first-order chi connectivity index (χ1) is 8.40. The van der Waals surface area contributed by atoms with Crippen molar-refractivity contribution >= 4 is 11.6 Å². The van der Waals surface area contributed by atoms with Crippen molar-refractivity contribution in [2.45, 2.75) is 33.3 Å². The molecule has 0 radical (unpaired) electrons. The standard InChI is InChI=1S/C14H22N2O2/c1-5-16(6-2)13(17)14(3,4)18-12-9-7-11(15)8-10-12/h7-10H,5-6,15H2,1-4H3. The number of ether oxygens (including phenoxy) is 1. The second-order valence-electron chi connectivity index (χ2n) is 4.66. The highest BCUT2D eigenvalue weighted by Crippen LogP contribution is 2.21. The average Bonchev–Trinajstić information content (AvgIpc) is 2.33. The molecule has 0 aliphatic carbocycles. The molecular formula is C14H22N2O2. The molecule has 1 aromatic carbocycles. The van der Waals surface area contributed by atoms with Gasteiger partial charge in [0.2, 0.25) is 0 Å². The maximum Gasteiger partial charge on any atom is 0.266 e. The summed E-state index contributed by atoms with van der Waals surface area (Å²) in [5, 5.41) is 0. The molecule has 0 spiro atoms. The van der Waals surface area contributed by atoms with E-state index in [9.17, 15) is 4.79 Å². The van der Waals surface area contributed by atoms with Crippen LogP contribution in [-0.2, 0) is 4.79 Å². The van der Waals surface area contributed by atoms with Crippen molar-refractivity contribution in [1.82, 2.24) is 4.90 Å². The van der Waals surface area contributed by atoms with E-state index in [0.29, 0.717) is 24.5 Å². The molecule has 4 heteroatoms. The number of anilines is 1. The summed E-state index contributed by atoms with van der Waals surface area (Å²) >= 11 is 0. The summed E-state index contributed by atoms with van der Waals surface area (Å²) in [5.41, 5.74) is 5.41. The summed E-state index contributed by atoms with van der Waals surface area (Å²) < 4.78 is 5.76. The SMILES string of the molecule is CCN(CC)C(=O)C(C)(C)Oc1ccc(N)cc1. The van der Waals surface area contributed by atoms with Gasteiger partial charge in [-0.1, -0.05) is 0 Å². The predicted octanol–water partition coefficient (Wildman–Crippen LogP) is 2.29. The third kappa shape index (κ3) is 3.39. The van der Waals surface area contributed by atoms with Crippen LogP contribution < -0.4 is 10.5 Å². The van der Waals surface area contributed by atoms with Crippen LogP contribution in [0.1, 0.15) is 27.7 Å². The van der Waals surface area contributed by atoms with Crippen LogP contribution in [0.3, 0.4) is 0 Å². The third-order valence-corrected chi connectivity index (χ3v) is 2.82.